The molecule has 2 rings (SSSR count). The van der Waals surface area contributed by atoms with E-state index in [0.29, 0.717) is 12.8 Å². The van der Waals surface area contributed by atoms with Crippen LogP contribution in [-0.4, -0.2) is 9.79 Å². The fourth-order valence-electron chi connectivity index (χ4n) is 2.53. The van der Waals surface area contributed by atoms with Crippen molar-refractivity contribution >= 4 is 7.82 Å². The van der Waals surface area contributed by atoms with Crippen LogP contribution in [0.4, 0.5) is 0 Å². The second-order valence-electron chi connectivity index (χ2n) is 4.50. The van der Waals surface area contributed by atoms with Gasteiger partial charge >= 0.3 is 7.82 Å². The summed E-state index contributed by atoms with van der Waals surface area (Å²) in [4.78, 5) is 18.2. The van der Waals surface area contributed by atoms with E-state index in [9.17, 15) is 4.57 Å². The second kappa shape index (κ2) is 4.91. The zero-order chi connectivity index (χ0) is 12.4. The Bertz CT molecular complexity index is 406. The van der Waals surface area contributed by atoms with Crippen LogP contribution in [0.5, 0.6) is 0 Å². The highest BCUT2D eigenvalue weighted by atomic mass is 31.2. The van der Waals surface area contributed by atoms with Crippen LogP contribution in [0.25, 0.3) is 0 Å². The highest BCUT2D eigenvalue weighted by Gasteiger charge is 2.40. The normalized spacial score (nSPS) is 20.1. The summed E-state index contributed by atoms with van der Waals surface area (Å²) in [5, 5.41) is 0. The molecule has 0 unspecified atom stereocenters. The summed E-state index contributed by atoms with van der Waals surface area (Å²) >= 11 is 0. The molecule has 2 N–H and O–H groups in total. The van der Waals surface area contributed by atoms with Crippen LogP contribution in [0.1, 0.15) is 37.7 Å². The minimum absolute atomic E-state index is 0.669. The molecule has 1 saturated carbocycles. The first-order valence-corrected chi connectivity index (χ1v) is 7.37. The van der Waals surface area contributed by atoms with Gasteiger partial charge in [0.2, 0.25) is 0 Å². The molecule has 1 aliphatic carbocycles. The van der Waals surface area contributed by atoms with Gasteiger partial charge in [-0.1, -0.05) is 49.6 Å². The standard InChI is InChI=1S/C12H17O4P/c13-17(14,15)16-12(9-5-2-6-10-12)11-7-3-1-4-8-11/h1,3-4,7-8H,2,5-6,9-10H2,(H2,13,14,15). The maximum absolute atomic E-state index is 11.2. The monoisotopic (exact) mass is 256 g/mol. The van der Waals surface area contributed by atoms with E-state index in [-0.39, 0.29) is 0 Å². The van der Waals surface area contributed by atoms with Gasteiger partial charge in [-0.05, 0) is 18.4 Å². The summed E-state index contributed by atoms with van der Waals surface area (Å²) in [5.41, 5.74) is 0.0569. The second-order valence-corrected chi connectivity index (χ2v) is 5.67. The van der Waals surface area contributed by atoms with Crippen LogP contribution in [-0.2, 0) is 14.7 Å². The summed E-state index contributed by atoms with van der Waals surface area (Å²) in [7, 11) is -4.47. The number of hydrogen-bond donors (Lipinski definition) is 2. The van der Waals surface area contributed by atoms with Crippen LogP contribution < -0.4 is 0 Å². The van der Waals surface area contributed by atoms with Crippen LogP contribution >= 0.6 is 7.82 Å². The minimum Gasteiger partial charge on any atom is -0.303 e. The summed E-state index contributed by atoms with van der Waals surface area (Å²) in [5.74, 6) is 0. The van der Waals surface area contributed by atoms with Crippen molar-refractivity contribution in [1.29, 1.82) is 0 Å². The van der Waals surface area contributed by atoms with Crippen molar-refractivity contribution in [3.05, 3.63) is 35.9 Å². The highest BCUT2D eigenvalue weighted by molar-refractivity contribution is 7.46. The third-order valence-corrected chi connectivity index (χ3v) is 3.84. The van der Waals surface area contributed by atoms with E-state index in [0.717, 1.165) is 24.8 Å². The molecule has 4 nitrogen and oxygen atoms in total. The zero-order valence-corrected chi connectivity index (χ0v) is 10.5. The van der Waals surface area contributed by atoms with E-state index in [1.165, 1.54) is 0 Å². The van der Waals surface area contributed by atoms with Gasteiger partial charge in [-0.15, -0.1) is 0 Å². The smallest absolute Gasteiger partial charge is 0.303 e. The number of phosphoric acid groups is 1. The number of phosphoric ester groups is 1. The van der Waals surface area contributed by atoms with Crippen LogP contribution in [0.2, 0.25) is 0 Å². The van der Waals surface area contributed by atoms with E-state index >= 15 is 0 Å². The molecule has 1 aliphatic rings. The van der Waals surface area contributed by atoms with E-state index in [1.807, 2.05) is 30.3 Å². The number of benzene rings is 1. The molecular formula is C12H17O4P. The molecule has 1 fully saturated rings. The summed E-state index contributed by atoms with van der Waals surface area (Å²) in [6.07, 6.45) is 4.31. The maximum atomic E-state index is 11.2. The van der Waals surface area contributed by atoms with Crippen molar-refractivity contribution in [2.24, 2.45) is 0 Å². The molecule has 17 heavy (non-hydrogen) atoms. The van der Waals surface area contributed by atoms with Crippen molar-refractivity contribution < 1.29 is 18.9 Å². The van der Waals surface area contributed by atoms with Crippen molar-refractivity contribution in [3.63, 3.8) is 0 Å². The molecule has 0 amide bonds. The first-order valence-electron chi connectivity index (χ1n) is 5.84. The lowest BCUT2D eigenvalue weighted by Gasteiger charge is -2.37. The van der Waals surface area contributed by atoms with Crippen LogP contribution in [0, 0.1) is 0 Å². The highest BCUT2D eigenvalue weighted by Crippen LogP contribution is 2.51. The van der Waals surface area contributed by atoms with Crippen LogP contribution in [0.15, 0.2) is 30.3 Å². The number of rotatable bonds is 3. The van der Waals surface area contributed by atoms with Crippen molar-refractivity contribution in [2.45, 2.75) is 37.7 Å². The van der Waals surface area contributed by atoms with Gasteiger partial charge in [0.15, 0.2) is 0 Å². The third-order valence-electron chi connectivity index (χ3n) is 3.25. The Kier molecular flexibility index (Phi) is 3.69. The molecule has 5 heteroatoms. The fourth-order valence-corrected chi connectivity index (χ4v) is 3.27. The average molecular weight is 256 g/mol. The van der Waals surface area contributed by atoms with E-state index in [1.54, 1.807) is 0 Å². The predicted octanol–water partition coefficient (Wildman–Crippen LogP) is 2.96. The van der Waals surface area contributed by atoms with Gasteiger partial charge in [0, 0.05) is 0 Å². The Hall–Kier alpha value is -0.670. The Morgan fingerprint density at radius 1 is 1.06 bits per heavy atom. The molecule has 0 saturated heterocycles. The molecule has 0 spiro atoms. The molecule has 0 radical (unpaired) electrons. The molecule has 0 atom stereocenters. The maximum Gasteiger partial charge on any atom is 0.470 e. The van der Waals surface area contributed by atoms with Gasteiger partial charge in [-0.3, -0.25) is 4.52 Å². The van der Waals surface area contributed by atoms with E-state index in [2.05, 4.69) is 0 Å². The van der Waals surface area contributed by atoms with Crippen molar-refractivity contribution in [3.8, 4) is 0 Å². The topological polar surface area (TPSA) is 66.8 Å². The van der Waals surface area contributed by atoms with E-state index in [4.69, 9.17) is 14.3 Å². The predicted molar refractivity (Wildman–Crippen MR) is 64.3 cm³/mol. The van der Waals surface area contributed by atoms with Gasteiger partial charge in [0.05, 0.1) is 0 Å². The average Bonchev–Trinajstić information content (AvgIpc) is 2.29. The Morgan fingerprint density at radius 3 is 2.18 bits per heavy atom. The Morgan fingerprint density at radius 2 is 1.65 bits per heavy atom. The Balaban J connectivity index is 2.33. The minimum atomic E-state index is -4.47. The van der Waals surface area contributed by atoms with Gasteiger partial charge in [0.1, 0.15) is 5.60 Å². The lowest BCUT2D eigenvalue weighted by molar-refractivity contribution is -0.00139. The quantitative estimate of drug-likeness (QED) is 0.816. The molecule has 1 aromatic carbocycles. The lowest BCUT2D eigenvalue weighted by Crippen LogP contribution is -2.31. The van der Waals surface area contributed by atoms with Crippen molar-refractivity contribution in [1.82, 2.24) is 0 Å². The molecule has 94 valence electrons. The molecule has 0 aromatic heterocycles. The summed E-state index contributed by atoms with van der Waals surface area (Å²) < 4.78 is 16.3. The summed E-state index contributed by atoms with van der Waals surface area (Å²) in [6, 6.07) is 9.38. The van der Waals surface area contributed by atoms with Crippen LogP contribution in [0.3, 0.4) is 0 Å². The first-order chi connectivity index (χ1) is 8.02. The first kappa shape index (κ1) is 12.8. The van der Waals surface area contributed by atoms with Gasteiger partial charge in [-0.25, -0.2) is 4.57 Å². The van der Waals surface area contributed by atoms with Gasteiger partial charge < -0.3 is 9.79 Å². The molecule has 0 aliphatic heterocycles. The molecular weight excluding hydrogens is 239 g/mol. The SMILES string of the molecule is O=P(O)(O)OC1(c2ccccc2)CCCCC1. The number of hydrogen-bond acceptors (Lipinski definition) is 2. The third kappa shape index (κ3) is 3.17. The van der Waals surface area contributed by atoms with Gasteiger partial charge in [-0.2, -0.15) is 0 Å². The Labute approximate surface area is 101 Å². The van der Waals surface area contributed by atoms with Gasteiger partial charge in [0.25, 0.3) is 0 Å². The summed E-state index contributed by atoms with van der Waals surface area (Å²) in [6.45, 7) is 0. The molecule has 0 bridgehead atoms. The molecule has 0 heterocycles. The largest absolute Gasteiger partial charge is 0.470 e. The molecule has 1 aromatic rings. The zero-order valence-electron chi connectivity index (χ0n) is 9.58. The lowest BCUT2D eigenvalue weighted by atomic mass is 9.80. The fraction of sp³-hybridized carbons (Fsp3) is 0.500. The van der Waals surface area contributed by atoms with Crippen molar-refractivity contribution in [2.75, 3.05) is 0 Å². The van der Waals surface area contributed by atoms with E-state index < -0.39 is 13.4 Å².